The smallest absolute Gasteiger partial charge is 0.253 e. The van der Waals surface area contributed by atoms with Gasteiger partial charge in [-0.3, -0.25) is 9.78 Å². The summed E-state index contributed by atoms with van der Waals surface area (Å²) in [7, 11) is 0. The van der Waals surface area contributed by atoms with E-state index in [0.29, 0.717) is 5.56 Å². The maximum absolute atomic E-state index is 12.7. The SMILES string of the molecule is CC(C)(O)[C@@H]1CC[C@](C)([C@@H]2CC3(CCN(C(=O)c4ccncc4)CC3)CO2)O1. The lowest BCUT2D eigenvalue weighted by Gasteiger charge is -2.39. The number of aromatic nitrogens is 1. The van der Waals surface area contributed by atoms with Crippen molar-refractivity contribution in [2.24, 2.45) is 5.41 Å². The number of rotatable bonds is 3. The molecule has 0 bridgehead atoms. The van der Waals surface area contributed by atoms with Crippen LogP contribution in [0, 0.1) is 5.41 Å². The molecule has 0 unspecified atom stereocenters. The van der Waals surface area contributed by atoms with Crippen molar-refractivity contribution < 1.29 is 19.4 Å². The molecule has 3 aliphatic heterocycles. The number of nitrogens with zero attached hydrogens (tertiary/aromatic N) is 2. The van der Waals surface area contributed by atoms with Crippen molar-refractivity contribution in [3.8, 4) is 0 Å². The number of aliphatic hydroxyl groups is 1. The zero-order chi connectivity index (χ0) is 20.0. The van der Waals surface area contributed by atoms with Crippen LogP contribution >= 0.6 is 0 Å². The summed E-state index contributed by atoms with van der Waals surface area (Å²) in [5.74, 6) is 0.0897. The van der Waals surface area contributed by atoms with Gasteiger partial charge in [0, 0.05) is 31.0 Å². The highest BCUT2D eigenvalue weighted by Crippen LogP contribution is 2.49. The number of carbonyl (C=O) groups excluding carboxylic acids is 1. The second-order valence-electron chi connectivity index (χ2n) is 9.64. The zero-order valence-electron chi connectivity index (χ0n) is 17.2. The Labute approximate surface area is 167 Å². The Balaban J connectivity index is 1.36. The van der Waals surface area contributed by atoms with E-state index >= 15 is 0 Å². The monoisotopic (exact) mass is 388 g/mol. The third-order valence-electron chi connectivity index (χ3n) is 7.03. The van der Waals surface area contributed by atoms with Gasteiger partial charge in [-0.1, -0.05) is 0 Å². The zero-order valence-corrected chi connectivity index (χ0v) is 17.2. The summed E-state index contributed by atoms with van der Waals surface area (Å²) in [5.41, 5.74) is -0.319. The Morgan fingerprint density at radius 3 is 2.54 bits per heavy atom. The molecule has 1 aromatic heterocycles. The van der Waals surface area contributed by atoms with E-state index in [2.05, 4.69) is 11.9 Å². The minimum absolute atomic E-state index is 0.0577. The van der Waals surface area contributed by atoms with Gasteiger partial charge in [-0.25, -0.2) is 0 Å². The molecular weight excluding hydrogens is 356 g/mol. The van der Waals surface area contributed by atoms with Crippen molar-refractivity contribution in [2.45, 2.75) is 76.3 Å². The van der Waals surface area contributed by atoms with Gasteiger partial charge in [0.2, 0.25) is 0 Å². The van der Waals surface area contributed by atoms with Crippen molar-refractivity contribution >= 4 is 5.91 Å². The summed E-state index contributed by atoms with van der Waals surface area (Å²) in [4.78, 5) is 18.6. The van der Waals surface area contributed by atoms with Gasteiger partial charge in [0.25, 0.3) is 5.91 Å². The second-order valence-corrected chi connectivity index (χ2v) is 9.64. The topological polar surface area (TPSA) is 71.9 Å². The highest BCUT2D eigenvalue weighted by atomic mass is 16.6. The first kappa shape index (κ1) is 19.8. The van der Waals surface area contributed by atoms with Crippen molar-refractivity contribution in [1.29, 1.82) is 0 Å². The van der Waals surface area contributed by atoms with Gasteiger partial charge in [-0.15, -0.1) is 0 Å². The molecule has 28 heavy (non-hydrogen) atoms. The van der Waals surface area contributed by atoms with Gasteiger partial charge in [0.1, 0.15) is 0 Å². The summed E-state index contributed by atoms with van der Waals surface area (Å²) >= 11 is 0. The lowest BCUT2D eigenvalue weighted by atomic mass is 9.74. The molecule has 1 aromatic rings. The standard InChI is InChI=1S/C22H32N2O4/c1-20(2,26)17-4-7-21(3,28-17)18-14-22(15-27-18)8-12-24(13-9-22)19(25)16-5-10-23-11-6-16/h5-6,10-11,17-18,26H,4,7-9,12-15H2,1-3H3/t17-,18-,21+/m0/s1. The molecule has 1 spiro atoms. The lowest BCUT2D eigenvalue weighted by Crippen LogP contribution is -2.45. The van der Waals surface area contributed by atoms with Crippen molar-refractivity contribution in [3.05, 3.63) is 30.1 Å². The first-order valence-corrected chi connectivity index (χ1v) is 10.4. The molecule has 1 amide bonds. The molecule has 3 fully saturated rings. The number of pyridine rings is 1. The van der Waals surface area contributed by atoms with Crippen molar-refractivity contribution in [3.63, 3.8) is 0 Å². The molecule has 6 nitrogen and oxygen atoms in total. The predicted octanol–water partition coefficient (Wildman–Crippen LogP) is 2.80. The largest absolute Gasteiger partial charge is 0.388 e. The maximum atomic E-state index is 12.7. The Kier molecular flexibility index (Phi) is 5.01. The average molecular weight is 389 g/mol. The molecule has 3 aliphatic rings. The van der Waals surface area contributed by atoms with E-state index in [4.69, 9.17) is 9.47 Å². The van der Waals surface area contributed by atoms with Crippen LogP contribution in [0.15, 0.2) is 24.5 Å². The fourth-order valence-electron chi connectivity index (χ4n) is 4.99. The lowest BCUT2D eigenvalue weighted by molar-refractivity contribution is -0.155. The van der Waals surface area contributed by atoms with E-state index in [1.165, 1.54) is 0 Å². The number of likely N-dealkylation sites (tertiary alicyclic amines) is 1. The molecule has 0 saturated carbocycles. The summed E-state index contributed by atoms with van der Waals surface area (Å²) in [6.45, 7) is 8.03. The Morgan fingerprint density at radius 2 is 1.93 bits per heavy atom. The van der Waals surface area contributed by atoms with Crippen LogP contribution in [0.4, 0.5) is 0 Å². The number of piperidine rings is 1. The molecule has 1 N–H and O–H groups in total. The van der Waals surface area contributed by atoms with Crippen LogP contribution in [0.5, 0.6) is 0 Å². The van der Waals surface area contributed by atoms with E-state index in [-0.39, 0.29) is 29.1 Å². The van der Waals surface area contributed by atoms with Gasteiger partial charge in [-0.2, -0.15) is 0 Å². The first-order chi connectivity index (χ1) is 13.2. The quantitative estimate of drug-likeness (QED) is 0.862. The van der Waals surface area contributed by atoms with Crippen LogP contribution in [0.2, 0.25) is 0 Å². The fraction of sp³-hybridized carbons (Fsp3) is 0.727. The van der Waals surface area contributed by atoms with Crippen LogP contribution in [-0.2, 0) is 9.47 Å². The van der Waals surface area contributed by atoms with Crippen molar-refractivity contribution in [1.82, 2.24) is 9.88 Å². The number of hydrogen-bond acceptors (Lipinski definition) is 5. The second kappa shape index (κ2) is 7.08. The molecule has 0 aromatic carbocycles. The molecular formula is C22H32N2O4. The highest BCUT2D eigenvalue weighted by Gasteiger charge is 2.53. The molecule has 3 saturated heterocycles. The summed E-state index contributed by atoms with van der Waals surface area (Å²) < 4.78 is 12.6. The Bertz CT molecular complexity index is 709. The molecule has 6 heteroatoms. The van der Waals surface area contributed by atoms with Gasteiger partial charge in [-0.05, 0) is 70.4 Å². The van der Waals surface area contributed by atoms with E-state index in [1.807, 2.05) is 18.7 Å². The third-order valence-corrected chi connectivity index (χ3v) is 7.03. The van der Waals surface area contributed by atoms with Gasteiger partial charge in [0.15, 0.2) is 0 Å². The molecule has 4 rings (SSSR count). The van der Waals surface area contributed by atoms with Crippen LogP contribution in [0.1, 0.15) is 63.2 Å². The van der Waals surface area contributed by atoms with Gasteiger partial charge < -0.3 is 19.5 Å². The normalized spacial score (nSPS) is 32.8. The molecule has 0 radical (unpaired) electrons. The average Bonchev–Trinajstić information content (AvgIpc) is 3.28. The number of carbonyl (C=O) groups is 1. The van der Waals surface area contributed by atoms with Crippen molar-refractivity contribution in [2.75, 3.05) is 19.7 Å². The Hall–Kier alpha value is -1.50. The molecule has 154 valence electrons. The maximum Gasteiger partial charge on any atom is 0.253 e. The van der Waals surface area contributed by atoms with E-state index in [9.17, 15) is 9.90 Å². The van der Waals surface area contributed by atoms with E-state index < -0.39 is 5.60 Å². The number of amides is 1. The van der Waals surface area contributed by atoms with E-state index in [1.54, 1.807) is 24.5 Å². The van der Waals surface area contributed by atoms with Gasteiger partial charge >= 0.3 is 0 Å². The van der Waals surface area contributed by atoms with E-state index in [0.717, 1.165) is 51.8 Å². The van der Waals surface area contributed by atoms with Crippen LogP contribution in [-0.4, -0.2) is 64.0 Å². The molecule has 3 atom stereocenters. The minimum Gasteiger partial charge on any atom is -0.388 e. The predicted molar refractivity (Wildman–Crippen MR) is 105 cm³/mol. The third kappa shape index (κ3) is 3.70. The van der Waals surface area contributed by atoms with Gasteiger partial charge in [0.05, 0.1) is 30.0 Å². The molecule has 4 heterocycles. The molecule has 0 aliphatic carbocycles. The first-order valence-electron chi connectivity index (χ1n) is 10.4. The summed E-state index contributed by atoms with van der Waals surface area (Å²) in [6, 6.07) is 3.55. The minimum atomic E-state index is -0.827. The van der Waals surface area contributed by atoms with Crippen LogP contribution in [0.25, 0.3) is 0 Å². The summed E-state index contributed by atoms with van der Waals surface area (Å²) in [5, 5.41) is 10.3. The van der Waals surface area contributed by atoms with Crippen LogP contribution in [0.3, 0.4) is 0 Å². The Morgan fingerprint density at radius 1 is 1.25 bits per heavy atom. The number of ether oxygens (including phenoxy) is 2. The number of hydrogen-bond donors (Lipinski definition) is 1. The summed E-state index contributed by atoms with van der Waals surface area (Å²) in [6.07, 6.45) is 7.92. The van der Waals surface area contributed by atoms with Crippen LogP contribution < -0.4 is 0 Å². The fourth-order valence-corrected chi connectivity index (χ4v) is 4.99. The highest BCUT2D eigenvalue weighted by molar-refractivity contribution is 5.94.